The quantitative estimate of drug-likeness (QED) is 0.179. The zero-order valence-corrected chi connectivity index (χ0v) is 29.4. The lowest BCUT2D eigenvalue weighted by molar-refractivity contribution is -0.121. The average Bonchev–Trinajstić information content (AvgIpc) is 3.59. The zero-order valence-electron chi connectivity index (χ0n) is 28.6. The van der Waals surface area contributed by atoms with E-state index in [2.05, 4.69) is 15.6 Å². The molecule has 2 atom stereocenters. The van der Waals surface area contributed by atoms with Crippen LogP contribution in [0.2, 0.25) is 0 Å². The number of hydrogen-bond donors (Lipinski definition) is 4. The molecule has 14 heteroatoms. The van der Waals surface area contributed by atoms with Crippen molar-refractivity contribution >= 4 is 46.1 Å². The Hall–Kier alpha value is -5.11. The lowest BCUT2D eigenvalue weighted by Crippen LogP contribution is -2.29. The molecule has 268 valence electrons. The number of allylic oxidation sites excluding steroid dienone is 1. The number of esters is 1. The van der Waals surface area contributed by atoms with Crippen LogP contribution < -0.4 is 24.8 Å². The normalized spacial score (nSPS) is 16.6. The molecule has 2 aromatic carbocycles. The van der Waals surface area contributed by atoms with E-state index in [1.807, 2.05) is 0 Å². The van der Waals surface area contributed by atoms with Crippen LogP contribution in [0.15, 0.2) is 35.9 Å². The zero-order chi connectivity index (χ0) is 36.2. The highest BCUT2D eigenvalue weighted by molar-refractivity contribution is 7.13. The van der Waals surface area contributed by atoms with Gasteiger partial charge in [-0.1, -0.05) is 12.2 Å². The van der Waals surface area contributed by atoms with Gasteiger partial charge in [-0.2, -0.15) is 0 Å². The maximum atomic E-state index is 13.7. The van der Waals surface area contributed by atoms with E-state index >= 15 is 0 Å². The molecule has 1 unspecified atom stereocenters. The van der Waals surface area contributed by atoms with Gasteiger partial charge in [-0.25, -0.2) is 9.78 Å². The van der Waals surface area contributed by atoms with Crippen LogP contribution in [0.3, 0.4) is 0 Å². The average molecular weight is 710 g/mol. The van der Waals surface area contributed by atoms with Gasteiger partial charge in [-0.3, -0.25) is 14.4 Å². The lowest BCUT2D eigenvalue weighted by atomic mass is 9.84. The molecule has 4 N–H and O–H groups in total. The Labute approximate surface area is 294 Å². The van der Waals surface area contributed by atoms with Gasteiger partial charge in [0, 0.05) is 55.3 Å². The predicted octanol–water partition coefficient (Wildman–Crippen LogP) is 5.73. The number of Topliss-reactive ketones (excluding diaryl/α,β-unsaturated/α-hetero) is 1. The fourth-order valence-electron chi connectivity index (χ4n) is 5.75. The van der Waals surface area contributed by atoms with E-state index in [0.717, 1.165) is 0 Å². The second kappa shape index (κ2) is 18.0. The Bertz CT molecular complexity index is 1680. The third kappa shape index (κ3) is 9.74. The van der Waals surface area contributed by atoms with Crippen molar-refractivity contribution in [2.24, 2.45) is 0 Å². The van der Waals surface area contributed by atoms with Gasteiger partial charge < -0.3 is 39.8 Å². The molecular formula is C36H43N3O10S. The number of thiazole rings is 1. The van der Waals surface area contributed by atoms with Crippen LogP contribution in [0, 0.1) is 0 Å². The van der Waals surface area contributed by atoms with Crippen LogP contribution in [0.4, 0.5) is 5.13 Å². The van der Waals surface area contributed by atoms with E-state index in [9.17, 15) is 29.4 Å². The number of aromatic hydroxyl groups is 2. The summed E-state index contributed by atoms with van der Waals surface area (Å²) in [6, 6.07) is 4.52. The molecule has 2 amide bonds. The molecule has 1 aliphatic heterocycles. The van der Waals surface area contributed by atoms with Gasteiger partial charge in [0.2, 0.25) is 17.6 Å². The summed E-state index contributed by atoms with van der Waals surface area (Å²) in [7, 11) is 4.30. The van der Waals surface area contributed by atoms with Gasteiger partial charge >= 0.3 is 5.97 Å². The molecule has 3 aromatic rings. The number of amides is 2. The standard InChI is InChI=1S/C36H43N3O10S/c1-21-9-8-12-24(40)11-7-5-6-10-22-17-26(41)32(33(44)31(22)35(45)49-21)25(23-18-27(46-2)34(48-4)28(19-23)47-3)20-30(43)37-14-13-29(42)39-36-38-15-16-50-36/h6,10,15-19,21,25,41,44H,5,7-9,11-14,20H2,1-4H3,(H,37,43)(H,38,39,42)/b10-6+/t21-,25?/m0/s1. The number of phenols is 2. The van der Waals surface area contributed by atoms with E-state index in [1.54, 1.807) is 42.8 Å². The number of rotatable bonds is 11. The van der Waals surface area contributed by atoms with Crippen LogP contribution in [0.1, 0.15) is 91.3 Å². The van der Waals surface area contributed by atoms with Gasteiger partial charge in [0.05, 0.1) is 27.4 Å². The molecule has 4 rings (SSSR count). The van der Waals surface area contributed by atoms with Crippen LogP contribution in [-0.2, 0) is 19.1 Å². The van der Waals surface area contributed by atoms with Crippen molar-refractivity contribution in [2.75, 3.05) is 33.2 Å². The first-order valence-electron chi connectivity index (χ1n) is 16.3. The first-order chi connectivity index (χ1) is 24.1. The molecule has 2 heterocycles. The number of anilines is 1. The minimum absolute atomic E-state index is 0.000769. The minimum Gasteiger partial charge on any atom is -0.507 e. The molecular weight excluding hydrogens is 666 g/mol. The van der Waals surface area contributed by atoms with Crippen molar-refractivity contribution in [1.82, 2.24) is 10.3 Å². The molecule has 0 fully saturated rings. The number of carbonyl (C=O) groups excluding carboxylic acids is 4. The first-order valence-corrected chi connectivity index (χ1v) is 17.2. The van der Waals surface area contributed by atoms with Crippen molar-refractivity contribution < 1.29 is 48.3 Å². The molecule has 0 radical (unpaired) electrons. The van der Waals surface area contributed by atoms with Gasteiger partial charge in [-0.15, -0.1) is 11.3 Å². The highest BCUT2D eigenvalue weighted by Gasteiger charge is 2.32. The van der Waals surface area contributed by atoms with Gasteiger partial charge in [0.1, 0.15) is 22.8 Å². The van der Waals surface area contributed by atoms with Crippen molar-refractivity contribution in [1.29, 1.82) is 0 Å². The third-order valence-electron chi connectivity index (χ3n) is 8.23. The number of methoxy groups -OCH3 is 3. The van der Waals surface area contributed by atoms with Crippen molar-refractivity contribution in [3.63, 3.8) is 0 Å². The molecule has 0 saturated carbocycles. The number of benzene rings is 2. The van der Waals surface area contributed by atoms with Crippen molar-refractivity contribution in [3.8, 4) is 28.7 Å². The minimum atomic E-state index is -1.05. The molecule has 13 nitrogen and oxygen atoms in total. The highest BCUT2D eigenvalue weighted by Crippen LogP contribution is 2.47. The van der Waals surface area contributed by atoms with Gasteiger partial charge in [-0.05, 0) is 61.9 Å². The molecule has 0 saturated heterocycles. The predicted molar refractivity (Wildman–Crippen MR) is 187 cm³/mol. The SMILES string of the molecule is COc1cc(C(CC(=O)NCCC(=O)Nc2nccs2)c2c(O)cc3c(c2O)C(=O)O[C@@H](C)CCCC(=O)CCC/C=C/3)cc(OC)c1OC. The van der Waals surface area contributed by atoms with Crippen LogP contribution in [-0.4, -0.2) is 72.7 Å². The first kappa shape index (κ1) is 37.7. The molecule has 1 aliphatic rings. The summed E-state index contributed by atoms with van der Waals surface area (Å²) in [6.45, 7) is 1.71. The van der Waals surface area contributed by atoms with E-state index in [4.69, 9.17) is 18.9 Å². The Balaban J connectivity index is 1.75. The summed E-state index contributed by atoms with van der Waals surface area (Å²) in [5, 5.41) is 30.9. The number of aromatic nitrogens is 1. The number of ether oxygens (including phenoxy) is 4. The number of ketones is 1. The van der Waals surface area contributed by atoms with Crippen molar-refractivity contribution in [2.45, 2.75) is 70.3 Å². The van der Waals surface area contributed by atoms with Crippen molar-refractivity contribution in [3.05, 3.63) is 58.1 Å². The summed E-state index contributed by atoms with van der Waals surface area (Å²) < 4.78 is 22.3. The van der Waals surface area contributed by atoms with Gasteiger partial charge in [0.25, 0.3) is 0 Å². The number of carbonyl (C=O) groups is 4. The number of cyclic esters (lactones) is 1. The summed E-state index contributed by atoms with van der Waals surface area (Å²) in [4.78, 5) is 55.7. The summed E-state index contributed by atoms with van der Waals surface area (Å²) >= 11 is 1.27. The monoisotopic (exact) mass is 709 g/mol. The maximum absolute atomic E-state index is 13.7. The van der Waals surface area contributed by atoms with E-state index in [0.29, 0.717) is 49.2 Å². The molecule has 0 spiro atoms. The Morgan fingerprint density at radius 1 is 1.04 bits per heavy atom. The fraction of sp³-hybridized carbons (Fsp3) is 0.417. The Morgan fingerprint density at radius 3 is 2.42 bits per heavy atom. The van der Waals surface area contributed by atoms with E-state index < -0.39 is 29.6 Å². The number of nitrogens with one attached hydrogen (secondary N) is 2. The number of nitrogens with zero attached hydrogens (tertiary/aromatic N) is 1. The third-order valence-corrected chi connectivity index (χ3v) is 8.92. The van der Waals surface area contributed by atoms with E-state index in [-0.39, 0.29) is 70.8 Å². The number of fused-ring (bicyclic) bond motifs is 1. The highest BCUT2D eigenvalue weighted by atomic mass is 32.1. The molecule has 0 bridgehead atoms. The number of hydrogen-bond acceptors (Lipinski definition) is 12. The molecule has 0 aliphatic carbocycles. The van der Waals surface area contributed by atoms with Crippen LogP contribution >= 0.6 is 11.3 Å². The number of phenolic OH excluding ortho intramolecular Hbond substituents is 2. The Morgan fingerprint density at radius 2 is 1.76 bits per heavy atom. The fourth-order valence-corrected chi connectivity index (χ4v) is 6.29. The summed E-state index contributed by atoms with van der Waals surface area (Å²) in [5.41, 5.74) is 0.332. The topological polar surface area (TPSA) is 183 Å². The molecule has 1 aromatic heterocycles. The van der Waals surface area contributed by atoms with Crippen LogP contribution in [0.25, 0.3) is 6.08 Å². The van der Waals surface area contributed by atoms with Crippen LogP contribution in [0.5, 0.6) is 28.7 Å². The second-order valence-corrected chi connectivity index (χ2v) is 12.7. The lowest BCUT2D eigenvalue weighted by Gasteiger charge is -2.24. The summed E-state index contributed by atoms with van der Waals surface area (Å²) in [5.74, 6) is -2.69. The summed E-state index contributed by atoms with van der Waals surface area (Å²) in [6.07, 6.45) is 6.99. The maximum Gasteiger partial charge on any atom is 0.342 e. The second-order valence-electron chi connectivity index (χ2n) is 11.8. The molecule has 50 heavy (non-hydrogen) atoms. The Kier molecular flexibility index (Phi) is 13.6. The van der Waals surface area contributed by atoms with Gasteiger partial charge in [0.15, 0.2) is 16.6 Å². The van der Waals surface area contributed by atoms with E-state index in [1.165, 1.54) is 38.7 Å². The smallest absolute Gasteiger partial charge is 0.342 e. The largest absolute Gasteiger partial charge is 0.507 e.